The Morgan fingerprint density at radius 2 is 1.94 bits per heavy atom. The zero-order valence-electron chi connectivity index (χ0n) is 10.1. The molecule has 6 heteroatoms. The fourth-order valence-corrected chi connectivity index (χ4v) is 1.77. The van der Waals surface area contributed by atoms with Crippen molar-refractivity contribution in [3.05, 3.63) is 17.3 Å². The Kier molecular flexibility index (Phi) is 4.04. The van der Waals surface area contributed by atoms with E-state index in [2.05, 4.69) is 30.7 Å². The zero-order chi connectivity index (χ0) is 11.9. The maximum Gasteiger partial charge on any atom is 0.202 e. The van der Waals surface area contributed by atoms with Crippen LogP contribution >= 0.6 is 28.6 Å². The smallest absolute Gasteiger partial charge is 0.202 e. The van der Waals surface area contributed by atoms with E-state index < -0.39 is 0 Å². The van der Waals surface area contributed by atoms with Gasteiger partial charge in [0, 0.05) is 6.54 Å². The average molecular weight is 320 g/mol. The number of nitrogens with zero attached hydrogens (tertiary/aromatic N) is 3. The van der Waals surface area contributed by atoms with E-state index in [1.807, 2.05) is 10.6 Å². The Balaban J connectivity index is 0.00000144. The summed E-state index contributed by atoms with van der Waals surface area (Å²) in [6, 6.07) is 3.55. The molecule has 17 heavy (non-hydrogen) atoms. The molecule has 0 aromatic carbocycles. The maximum atomic E-state index is 5.88. The lowest BCUT2D eigenvalue weighted by atomic mass is 9.97. The molecule has 2 aromatic rings. The fourth-order valence-electron chi connectivity index (χ4n) is 1.63. The monoisotopic (exact) mass is 318 g/mol. The third kappa shape index (κ3) is 3.10. The Morgan fingerprint density at radius 1 is 1.29 bits per heavy atom. The molecule has 0 unspecified atom stereocenters. The lowest BCUT2D eigenvalue weighted by Crippen LogP contribution is -2.17. The van der Waals surface area contributed by atoms with Crippen LogP contribution in [0.4, 0.5) is 5.95 Å². The van der Waals surface area contributed by atoms with Crippen LogP contribution < -0.4 is 5.73 Å². The van der Waals surface area contributed by atoms with Gasteiger partial charge in [-0.25, -0.2) is 9.97 Å². The number of nitrogens with two attached hydrogens (primary N) is 1. The minimum absolute atomic E-state index is 0. The molecule has 2 rings (SSSR count). The van der Waals surface area contributed by atoms with Crippen molar-refractivity contribution in [2.75, 3.05) is 5.73 Å². The van der Waals surface area contributed by atoms with Crippen LogP contribution in [-0.4, -0.2) is 14.5 Å². The largest absolute Gasteiger partial charge is 0.369 e. The van der Waals surface area contributed by atoms with Crippen LogP contribution in [0.2, 0.25) is 5.15 Å². The van der Waals surface area contributed by atoms with Crippen molar-refractivity contribution in [3.8, 4) is 0 Å². The van der Waals surface area contributed by atoms with Crippen molar-refractivity contribution in [2.24, 2.45) is 5.41 Å². The van der Waals surface area contributed by atoms with Crippen LogP contribution in [0.25, 0.3) is 11.2 Å². The van der Waals surface area contributed by atoms with E-state index in [1.54, 1.807) is 6.07 Å². The first-order valence-corrected chi connectivity index (χ1v) is 5.53. The summed E-state index contributed by atoms with van der Waals surface area (Å²) in [4.78, 5) is 8.52. The highest BCUT2D eigenvalue weighted by Gasteiger charge is 2.17. The summed E-state index contributed by atoms with van der Waals surface area (Å²) in [6.07, 6.45) is 0. The van der Waals surface area contributed by atoms with E-state index in [4.69, 9.17) is 17.3 Å². The van der Waals surface area contributed by atoms with Crippen molar-refractivity contribution in [1.29, 1.82) is 0 Å². The molecule has 2 aromatic heterocycles. The van der Waals surface area contributed by atoms with Gasteiger partial charge in [-0.15, -0.1) is 17.0 Å². The van der Waals surface area contributed by atoms with Crippen molar-refractivity contribution >= 4 is 45.7 Å². The number of halogens is 2. The second-order valence-corrected chi connectivity index (χ2v) is 5.48. The predicted octanol–water partition coefficient (Wildman–Crippen LogP) is 3.29. The molecule has 0 atom stereocenters. The van der Waals surface area contributed by atoms with Gasteiger partial charge in [-0.05, 0) is 17.5 Å². The number of hydrogen-bond donors (Lipinski definition) is 1. The Labute approximate surface area is 116 Å². The average Bonchev–Trinajstić information content (AvgIpc) is 2.42. The summed E-state index contributed by atoms with van der Waals surface area (Å²) in [5, 5.41) is 0.461. The summed E-state index contributed by atoms with van der Waals surface area (Å²) in [7, 11) is 0. The highest BCUT2D eigenvalue weighted by atomic mass is 79.9. The summed E-state index contributed by atoms with van der Waals surface area (Å²) >= 11 is 5.88. The minimum Gasteiger partial charge on any atom is -0.369 e. The van der Waals surface area contributed by atoms with E-state index >= 15 is 0 Å². The zero-order valence-corrected chi connectivity index (χ0v) is 12.5. The van der Waals surface area contributed by atoms with Gasteiger partial charge in [0.15, 0.2) is 5.65 Å². The molecule has 0 saturated heterocycles. The van der Waals surface area contributed by atoms with Gasteiger partial charge in [-0.3, -0.25) is 4.57 Å². The standard InChI is InChI=1S/C11H15ClN4.BrH/c1-11(2,3)6-16-9-7(14-10(16)13)4-5-8(12)15-9;/h4-5H,6H2,1-3H3,(H2,13,14);1H. The molecule has 0 bridgehead atoms. The van der Waals surface area contributed by atoms with Crippen LogP contribution in [0.1, 0.15) is 20.8 Å². The fraction of sp³-hybridized carbons (Fsp3) is 0.455. The number of anilines is 1. The Hall–Kier alpha value is -0.810. The van der Waals surface area contributed by atoms with Gasteiger partial charge < -0.3 is 5.73 Å². The Morgan fingerprint density at radius 3 is 2.53 bits per heavy atom. The van der Waals surface area contributed by atoms with Gasteiger partial charge in [0.25, 0.3) is 0 Å². The number of imidazole rings is 1. The quantitative estimate of drug-likeness (QED) is 0.821. The Bertz CT molecular complexity index is 530. The minimum atomic E-state index is 0. The normalized spacial score (nSPS) is 11.5. The van der Waals surface area contributed by atoms with Crippen LogP contribution in [0.5, 0.6) is 0 Å². The second kappa shape index (κ2) is 4.82. The molecular weight excluding hydrogens is 304 g/mol. The molecule has 4 nitrogen and oxygen atoms in total. The van der Waals surface area contributed by atoms with Gasteiger partial charge >= 0.3 is 0 Å². The molecule has 2 heterocycles. The van der Waals surface area contributed by atoms with Crippen molar-refractivity contribution in [2.45, 2.75) is 27.3 Å². The molecule has 0 aliphatic heterocycles. The topological polar surface area (TPSA) is 56.7 Å². The number of nitrogen functional groups attached to an aromatic ring is 1. The lowest BCUT2D eigenvalue weighted by Gasteiger charge is -2.19. The number of pyridine rings is 1. The van der Waals surface area contributed by atoms with E-state index in [9.17, 15) is 0 Å². The SMILES string of the molecule is Br.CC(C)(C)Cn1c(N)nc2ccc(Cl)nc21. The highest BCUT2D eigenvalue weighted by molar-refractivity contribution is 8.93. The van der Waals surface area contributed by atoms with Gasteiger partial charge in [-0.1, -0.05) is 32.4 Å². The number of fused-ring (bicyclic) bond motifs is 1. The molecule has 0 radical (unpaired) electrons. The van der Waals surface area contributed by atoms with E-state index in [1.165, 1.54) is 0 Å². The second-order valence-electron chi connectivity index (χ2n) is 5.09. The molecule has 2 N–H and O–H groups in total. The van der Waals surface area contributed by atoms with Gasteiger partial charge in [0.1, 0.15) is 10.7 Å². The molecule has 0 spiro atoms. The third-order valence-electron chi connectivity index (χ3n) is 2.22. The van der Waals surface area contributed by atoms with E-state index in [-0.39, 0.29) is 22.4 Å². The summed E-state index contributed by atoms with van der Waals surface area (Å²) < 4.78 is 1.90. The van der Waals surface area contributed by atoms with Crippen LogP contribution in [-0.2, 0) is 6.54 Å². The first kappa shape index (κ1) is 14.3. The molecule has 94 valence electrons. The van der Waals surface area contributed by atoms with Crippen molar-refractivity contribution < 1.29 is 0 Å². The highest BCUT2D eigenvalue weighted by Crippen LogP contribution is 2.24. The van der Waals surface area contributed by atoms with Crippen molar-refractivity contribution in [1.82, 2.24) is 14.5 Å². The number of aromatic nitrogens is 3. The lowest BCUT2D eigenvalue weighted by molar-refractivity contribution is 0.350. The third-order valence-corrected chi connectivity index (χ3v) is 2.43. The molecule has 0 saturated carbocycles. The first-order valence-electron chi connectivity index (χ1n) is 5.15. The van der Waals surface area contributed by atoms with E-state index in [0.717, 1.165) is 17.7 Å². The van der Waals surface area contributed by atoms with Gasteiger partial charge in [0.2, 0.25) is 5.95 Å². The summed E-state index contributed by atoms with van der Waals surface area (Å²) in [6.45, 7) is 7.19. The van der Waals surface area contributed by atoms with Crippen molar-refractivity contribution in [3.63, 3.8) is 0 Å². The van der Waals surface area contributed by atoms with Gasteiger partial charge in [0.05, 0.1) is 0 Å². The van der Waals surface area contributed by atoms with Crippen LogP contribution in [0.3, 0.4) is 0 Å². The number of hydrogen-bond acceptors (Lipinski definition) is 3. The molecule has 0 aliphatic rings. The predicted molar refractivity (Wildman–Crippen MR) is 76.7 cm³/mol. The van der Waals surface area contributed by atoms with Gasteiger partial charge in [-0.2, -0.15) is 0 Å². The maximum absolute atomic E-state index is 5.88. The molecule has 0 aliphatic carbocycles. The van der Waals surface area contributed by atoms with E-state index in [0.29, 0.717) is 11.1 Å². The van der Waals surface area contributed by atoms with Crippen LogP contribution in [0.15, 0.2) is 12.1 Å². The molecule has 0 fully saturated rings. The molecular formula is C11H16BrClN4. The summed E-state index contributed by atoms with van der Waals surface area (Å²) in [5.41, 5.74) is 7.53. The number of rotatable bonds is 1. The summed E-state index contributed by atoms with van der Waals surface area (Å²) in [5.74, 6) is 0.486. The molecule has 0 amide bonds. The first-order chi connectivity index (χ1) is 7.37. The van der Waals surface area contributed by atoms with Crippen LogP contribution in [0, 0.1) is 5.41 Å².